The van der Waals surface area contributed by atoms with Crippen molar-refractivity contribution in [1.29, 1.82) is 0 Å². The van der Waals surface area contributed by atoms with Gasteiger partial charge in [-0.3, -0.25) is 0 Å². The summed E-state index contributed by atoms with van der Waals surface area (Å²) in [6.45, 7) is 1.72. The van der Waals surface area contributed by atoms with E-state index in [1.54, 1.807) is 25.1 Å². The molecule has 1 aromatic rings. The van der Waals surface area contributed by atoms with E-state index in [1.807, 2.05) is 0 Å². The van der Waals surface area contributed by atoms with Crippen molar-refractivity contribution >= 4 is 11.9 Å². The number of carbonyl (C=O) groups is 2. The molecule has 0 amide bonds. The van der Waals surface area contributed by atoms with Gasteiger partial charge in [-0.2, -0.15) is 0 Å². The van der Waals surface area contributed by atoms with Gasteiger partial charge in [-0.05, 0) is 24.6 Å². The van der Waals surface area contributed by atoms with E-state index < -0.39 is 30.3 Å². The van der Waals surface area contributed by atoms with Crippen LogP contribution in [0.25, 0.3) is 0 Å². The van der Waals surface area contributed by atoms with Gasteiger partial charge in [0.25, 0.3) is 0 Å². The molecule has 4 atom stereocenters. The summed E-state index contributed by atoms with van der Waals surface area (Å²) in [7, 11) is 0. The monoisotopic (exact) mass is 317 g/mol. The molecule has 0 heterocycles. The quantitative estimate of drug-likeness (QED) is 0.345. The van der Waals surface area contributed by atoms with Crippen LogP contribution < -0.4 is 5.73 Å². The lowest BCUT2D eigenvalue weighted by Crippen LogP contribution is -2.39. The molecule has 0 fully saturated rings. The topological polar surface area (TPSA) is 182 Å². The van der Waals surface area contributed by atoms with Crippen LogP contribution in [-0.2, 0) is 9.59 Å². The highest BCUT2D eigenvalue weighted by Gasteiger charge is 2.29. The zero-order valence-corrected chi connectivity index (χ0v) is 11.7. The lowest BCUT2D eigenvalue weighted by Gasteiger charge is -2.14. The highest BCUT2D eigenvalue weighted by atomic mass is 16.4. The zero-order chi connectivity index (χ0) is 17.4. The molecular formula is C13H19NO8. The normalized spacial score (nSPS) is 15.7. The van der Waals surface area contributed by atoms with Gasteiger partial charge in [0.1, 0.15) is 5.75 Å². The molecule has 0 bridgehead atoms. The summed E-state index contributed by atoms with van der Waals surface area (Å²) in [6, 6.07) is 6.14. The predicted octanol–water partition coefficient (Wildman–Crippen LogP) is -1.35. The van der Waals surface area contributed by atoms with Crippen molar-refractivity contribution in [3.8, 4) is 5.75 Å². The van der Waals surface area contributed by atoms with Crippen LogP contribution in [0.1, 0.15) is 18.6 Å². The van der Waals surface area contributed by atoms with Crippen LogP contribution in [0.3, 0.4) is 0 Å². The predicted molar refractivity (Wildman–Crippen MR) is 74.0 cm³/mol. The van der Waals surface area contributed by atoms with Gasteiger partial charge in [-0.15, -0.1) is 0 Å². The lowest BCUT2D eigenvalue weighted by atomic mass is 10.0. The maximum absolute atomic E-state index is 9.77. The molecule has 1 aromatic carbocycles. The summed E-state index contributed by atoms with van der Waals surface area (Å²) in [5, 5.41) is 51.1. The molecule has 0 aliphatic heterocycles. The highest BCUT2D eigenvalue weighted by molar-refractivity contribution is 5.83. The Morgan fingerprint density at radius 2 is 1.50 bits per heavy atom. The number of aliphatic hydroxyl groups is 3. The number of carboxylic acids is 2. The van der Waals surface area contributed by atoms with E-state index in [0.717, 1.165) is 0 Å². The second-order valence-electron chi connectivity index (χ2n) is 4.47. The molecule has 9 heteroatoms. The summed E-state index contributed by atoms with van der Waals surface area (Å²) in [5.41, 5.74) is 6.13. The Balaban J connectivity index is 0.000000409. The van der Waals surface area contributed by atoms with Crippen LogP contribution in [0.4, 0.5) is 0 Å². The van der Waals surface area contributed by atoms with Crippen molar-refractivity contribution in [3.63, 3.8) is 0 Å². The van der Waals surface area contributed by atoms with Crippen molar-refractivity contribution in [2.24, 2.45) is 5.73 Å². The molecule has 0 saturated heterocycles. The van der Waals surface area contributed by atoms with Crippen molar-refractivity contribution in [1.82, 2.24) is 0 Å². The van der Waals surface area contributed by atoms with E-state index in [4.69, 9.17) is 31.3 Å². The zero-order valence-electron chi connectivity index (χ0n) is 11.7. The van der Waals surface area contributed by atoms with Crippen LogP contribution in [-0.4, -0.2) is 60.8 Å². The molecule has 124 valence electrons. The Morgan fingerprint density at radius 3 is 1.82 bits per heavy atom. The molecule has 0 saturated carbocycles. The number of carboxylic acid groups (broad SMARTS) is 2. The largest absolute Gasteiger partial charge is 0.508 e. The van der Waals surface area contributed by atoms with Crippen molar-refractivity contribution in [3.05, 3.63) is 29.8 Å². The third-order valence-corrected chi connectivity index (χ3v) is 2.51. The van der Waals surface area contributed by atoms with Crippen LogP contribution in [0, 0.1) is 0 Å². The molecule has 0 aromatic heterocycles. The molecule has 0 spiro atoms. The Labute approximate surface area is 125 Å². The highest BCUT2D eigenvalue weighted by Crippen LogP contribution is 2.19. The first-order chi connectivity index (χ1) is 10.1. The van der Waals surface area contributed by atoms with Crippen molar-refractivity contribution < 1.29 is 40.2 Å². The maximum atomic E-state index is 9.77. The van der Waals surface area contributed by atoms with Gasteiger partial charge < -0.3 is 36.4 Å². The Bertz CT molecular complexity index is 487. The number of aromatic hydroxyl groups is 1. The molecule has 22 heavy (non-hydrogen) atoms. The molecule has 9 nitrogen and oxygen atoms in total. The van der Waals surface area contributed by atoms with E-state index in [2.05, 4.69) is 0 Å². The minimum Gasteiger partial charge on any atom is -0.508 e. The first-order valence-corrected chi connectivity index (χ1v) is 6.12. The number of nitrogens with two attached hydrogens (primary N) is 1. The number of rotatable bonds is 5. The minimum absolute atomic E-state index is 0.146. The molecule has 8 N–H and O–H groups in total. The first kappa shape index (κ1) is 19.8. The molecule has 0 aliphatic rings. The summed E-state index contributed by atoms with van der Waals surface area (Å²) in [5.74, 6) is -3.39. The number of phenolic OH excluding ortho intramolecular Hbond substituents is 1. The second kappa shape index (κ2) is 8.95. The van der Waals surface area contributed by atoms with Crippen molar-refractivity contribution in [2.75, 3.05) is 0 Å². The van der Waals surface area contributed by atoms with Crippen LogP contribution >= 0.6 is 0 Å². The molecule has 2 unspecified atom stereocenters. The average molecular weight is 317 g/mol. The summed E-state index contributed by atoms with van der Waals surface area (Å²) in [4.78, 5) is 19.5. The van der Waals surface area contributed by atoms with Gasteiger partial charge in [0.2, 0.25) is 0 Å². The fourth-order valence-corrected chi connectivity index (χ4v) is 1.28. The van der Waals surface area contributed by atoms with E-state index in [0.29, 0.717) is 5.56 Å². The fraction of sp³-hybridized carbons (Fsp3) is 0.385. The standard InChI is InChI=1S/C9H13NO2.C4H6O6/c1-6(10)9(12)7-3-2-4-8(11)5-7;5-1(3(7)8)2(6)4(9)10/h2-6,9,11-12H,10H2,1H3;1-2,5-6H,(H,7,8)(H,9,10)/t6-,9-;/m1./s1. The van der Waals surface area contributed by atoms with Gasteiger partial charge in [0.05, 0.1) is 6.10 Å². The average Bonchev–Trinajstić information content (AvgIpc) is 2.45. The van der Waals surface area contributed by atoms with E-state index >= 15 is 0 Å². The Kier molecular flexibility index (Phi) is 8.05. The summed E-state index contributed by atoms with van der Waals surface area (Å²) >= 11 is 0. The fourth-order valence-electron chi connectivity index (χ4n) is 1.28. The number of hydrogen-bond donors (Lipinski definition) is 7. The molecule has 0 aliphatic carbocycles. The second-order valence-corrected chi connectivity index (χ2v) is 4.47. The van der Waals surface area contributed by atoms with Crippen LogP contribution in [0.5, 0.6) is 5.75 Å². The number of aliphatic carboxylic acids is 2. The van der Waals surface area contributed by atoms with Gasteiger partial charge in [0, 0.05) is 6.04 Å². The van der Waals surface area contributed by atoms with Crippen molar-refractivity contribution in [2.45, 2.75) is 31.3 Å². The molecular weight excluding hydrogens is 298 g/mol. The van der Waals surface area contributed by atoms with E-state index in [-0.39, 0.29) is 11.8 Å². The van der Waals surface area contributed by atoms with Crippen LogP contribution in [0.2, 0.25) is 0 Å². The lowest BCUT2D eigenvalue weighted by molar-refractivity contribution is -0.165. The Hall–Kier alpha value is -2.20. The number of benzene rings is 1. The number of phenols is 1. The van der Waals surface area contributed by atoms with E-state index in [9.17, 15) is 14.7 Å². The van der Waals surface area contributed by atoms with Gasteiger partial charge >= 0.3 is 11.9 Å². The van der Waals surface area contributed by atoms with Gasteiger partial charge in [0.15, 0.2) is 12.2 Å². The van der Waals surface area contributed by atoms with E-state index in [1.165, 1.54) is 6.07 Å². The minimum atomic E-state index is -2.27. The molecule has 1 rings (SSSR count). The molecule has 0 radical (unpaired) electrons. The SMILES string of the molecule is C[C@@H](N)[C@@H](O)c1cccc(O)c1.O=C(O)C(O)C(O)C(=O)O. The Morgan fingerprint density at radius 1 is 1.05 bits per heavy atom. The number of aliphatic hydroxyl groups excluding tert-OH is 3. The summed E-state index contributed by atoms with van der Waals surface area (Å²) < 4.78 is 0. The first-order valence-electron chi connectivity index (χ1n) is 6.12. The van der Waals surface area contributed by atoms with Gasteiger partial charge in [-0.25, -0.2) is 9.59 Å². The third kappa shape index (κ3) is 6.50. The summed E-state index contributed by atoms with van der Waals surface area (Å²) in [6.07, 6.45) is -5.24. The van der Waals surface area contributed by atoms with Crippen LogP contribution in [0.15, 0.2) is 24.3 Å². The van der Waals surface area contributed by atoms with Gasteiger partial charge in [-0.1, -0.05) is 12.1 Å². The maximum Gasteiger partial charge on any atom is 0.335 e. The smallest absolute Gasteiger partial charge is 0.335 e. The third-order valence-electron chi connectivity index (χ3n) is 2.51. The number of hydrogen-bond acceptors (Lipinski definition) is 7.